The average Bonchev–Trinajstić information content (AvgIpc) is 3.00. The summed E-state index contributed by atoms with van der Waals surface area (Å²) in [4.78, 5) is 27.6. The second-order valence-electron chi connectivity index (χ2n) is 6.98. The van der Waals surface area contributed by atoms with Gasteiger partial charge in [0.1, 0.15) is 5.00 Å². The Kier molecular flexibility index (Phi) is 7.23. The molecular weight excluding hydrogens is 458 g/mol. The van der Waals surface area contributed by atoms with Gasteiger partial charge in [-0.2, -0.15) is 0 Å². The van der Waals surface area contributed by atoms with Crippen LogP contribution in [0.25, 0.3) is 0 Å². The number of esters is 1. The van der Waals surface area contributed by atoms with Crippen molar-refractivity contribution in [3.63, 3.8) is 0 Å². The molecule has 0 spiro atoms. The van der Waals surface area contributed by atoms with Crippen LogP contribution in [0.4, 0.5) is 5.00 Å². The highest BCUT2D eigenvalue weighted by Crippen LogP contribution is 2.40. The Morgan fingerprint density at radius 2 is 2.07 bits per heavy atom. The topological polar surface area (TPSA) is 55.4 Å². The molecule has 4 nitrogen and oxygen atoms in total. The average molecular weight is 482 g/mol. The van der Waals surface area contributed by atoms with Gasteiger partial charge in [-0.1, -0.05) is 22.9 Å². The first-order valence-electron chi connectivity index (χ1n) is 9.43. The molecule has 0 saturated carbocycles. The van der Waals surface area contributed by atoms with Crippen LogP contribution in [0.1, 0.15) is 48.0 Å². The van der Waals surface area contributed by atoms with Crippen molar-refractivity contribution in [1.29, 1.82) is 0 Å². The molecule has 28 heavy (non-hydrogen) atoms. The predicted molar refractivity (Wildman–Crippen MR) is 120 cm³/mol. The van der Waals surface area contributed by atoms with Crippen LogP contribution in [-0.4, -0.2) is 23.7 Å². The number of rotatable bonds is 6. The summed E-state index contributed by atoms with van der Waals surface area (Å²) in [6, 6.07) is 7.88. The molecule has 0 aliphatic heterocycles. The van der Waals surface area contributed by atoms with E-state index in [1.807, 2.05) is 31.2 Å². The lowest BCUT2D eigenvalue weighted by Crippen LogP contribution is -2.23. The molecule has 1 aliphatic rings. The normalized spacial score (nSPS) is 16.9. The molecule has 0 bridgehead atoms. The van der Waals surface area contributed by atoms with Gasteiger partial charge in [-0.3, -0.25) is 4.79 Å². The molecule has 1 aromatic heterocycles. The first-order chi connectivity index (χ1) is 13.4. The smallest absolute Gasteiger partial charge is 0.341 e. The van der Waals surface area contributed by atoms with Crippen molar-refractivity contribution in [1.82, 2.24) is 0 Å². The van der Waals surface area contributed by atoms with E-state index in [9.17, 15) is 9.59 Å². The molecule has 1 amide bonds. The van der Waals surface area contributed by atoms with Gasteiger partial charge in [0.25, 0.3) is 0 Å². The number of halogens is 1. The van der Waals surface area contributed by atoms with E-state index in [2.05, 4.69) is 28.2 Å². The zero-order valence-electron chi connectivity index (χ0n) is 16.2. The quantitative estimate of drug-likeness (QED) is 0.410. The molecule has 2 aromatic rings. The number of amides is 1. The second kappa shape index (κ2) is 9.46. The van der Waals surface area contributed by atoms with Gasteiger partial charge < -0.3 is 10.1 Å². The summed E-state index contributed by atoms with van der Waals surface area (Å²) in [7, 11) is 0. The number of nitrogens with one attached hydrogen (secondary N) is 1. The van der Waals surface area contributed by atoms with Gasteiger partial charge in [-0.05, 0) is 68.9 Å². The summed E-state index contributed by atoms with van der Waals surface area (Å²) in [6.45, 7) is 6.22. The van der Waals surface area contributed by atoms with Crippen LogP contribution in [0, 0.1) is 5.92 Å². The summed E-state index contributed by atoms with van der Waals surface area (Å²) in [6.07, 6.45) is 2.87. The molecule has 0 fully saturated rings. The molecule has 2 unspecified atom stereocenters. The Morgan fingerprint density at radius 3 is 2.75 bits per heavy atom. The number of hydrogen-bond donors (Lipinski definition) is 1. The number of thiophene rings is 1. The third-order valence-corrected chi connectivity index (χ3v) is 7.53. The van der Waals surface area contributed by atoms with Gasteiger partial charge in [0, 0.05) is 14.2 Å². The van der Waals surface area contributed by atoms with Crippen molar-refractivity contribution < 1.29 is 14.3 Å². The summed E-state index contributed by atoms with van der Waals surface area (Å²) >= 11 is 6.44. The van der Waals surface area contributed by atoms with Crippen LogP contribution in [0.15, 0.2) is 33.6 Å². The summed E-state index contributed by atoms with van der Waals surface area (Å²) < 4.78 is 6.28. The Hall–Kier alpha value is -1.31. The lowest BCUT2D eigenvalue weighted by Gasteiger charge is -2.18. The van der Waals surface area contributed by atoms with Crippen LogP contribution in [0.2, 0.25) is 0 Å². The summed E-state index contributed by atoms with van der Waals surface area (Å²) in [5, 5.41) is 3.35. The number of carbonyl (C=O) groups excluding carboxylic acids is 2. The number of thioether (sulfide) groups is 1. The van der Waals surface area contributed by atoms with E-state index < -0.39 is 0 Å². The molecule has 1 aromatic carbocycles. The maximum Gasteiger partial charge on any atom is 0.341 e. The maximum atomic E-state index is 12.8. The van der Waals surface area contributed by atoms with E-state index in [0.717, 1.165) is 34.2 Å². The standard InChI is InChI=1S/C21H24BrNO3S2/c1-4-26-21(25)18-16-10-5-12(2)11-17(16)28-20(18)23-19(24)13(3)27-15-8-6-14(22)7-9-15/h6-9,12-13H,4-5,10-11H2,1-3H3,(H,23,24). The van der Waals surface area contributed by atoms with Gasteiger partial charge in [0.2, 0.25) is 5.91 Å². The third kappa shape index (κ3) is 4.99. The molecular formula is C21H24BrNO3S2. The van der Waals surface area contributed by atoms with Crippen LogP contribution < -0.4 is 5.32 Å². The maximum absolute atomic E-state index is 12.8. The fourth-order valence-electron chi connectivity index (χ4n) is 3.24. The van der Waals surface area contributed by atoms with Crippen molar-refractivity contribution in [2.24, 2.45) is 5.92 Å². The lowest BCUT2D eigenvalue weighted by molar-refractivity contribution is -0.115. The molecule has 7 heteroatoms. The lowest BCUT2D eigenvalue weighted by atomic mass is 9.88. The fourth-order valence-corrected chi connectivity index (χ4v) is 5.78. The summed E-state index contributed by atoms with van der Waals surface area (Å²) in [5.41, 5.74) is 1.62. The van der Waals surface area contributed by atoms with E-state index in [-0.39, 0.29) is 17.1 Å². The first-order valence-corrected chi connectivity index (χ1v) is 11.9. The highest BCUT2D eigenvalue weighted by Gasteiger charge is 2.29. The Morgan fingerprint density at radius 1 is 1.36 bits per heavy atom. The van der Waals surface area contributed by atoms with E-state index in [4.69, 9.17) is 4.74 Å². The Bertz CT molecular complexity index is 863. The number of carbonyl (C=O) groups is 2. The number of fused-ring (bicyclic) bond motifs is 1. The van der Waals surface area contributed by atoms with E-state index in [1.165, 1.54) is 28.0 Å². The van der Waals surface area contributed by atoms with Crippen molar-refractivity contribution in [2.75, 3.05) is 11.9 Å². The van der Waals surface area contributed by atoms with Gasteiger partial charge >= 0.3 is 5.97 Å². The minimum absolute atomic E-state index is 0.106. The Labute approximate surface area is 182 Å². The number of benzene rings is 1. The minimum atomic E-state index is -0.335. The molecule has 0 radical (unpaired) electrons. The predicted octanol–water partition coefficient (Wildman–Crippen LogP) is 5.93. The summed E-state index contributed by atoms with van der Waals surface area (Å²) in [5.74, 6) is 0.153. The van der Waals surface area contributed by atoms with Crippen LogP contribution in [0.5, 0.6) is 0 Å². The molecule has 2 atom stereocenters. The van der Waals surface area contributed by atoms with Crippen LogP contribution in [0.3, 0.4) is 0 Å². The highest BCUT2D eigenvalue weighted by atomic mass is 79.9. The van der Waals surface area contributed by atoms with Crippen molar-refractivity contribution >= 4 is 55.9 Å². The van der Waals surface area contributed by atoms with Crippen molar-refractivity contribution in [3.05, 3.63) is 44.7 Å². The molecule has 3 rings (SSSR count). The monoisotopic (exact) mass is 481 g/mol. The number of ether oxygens (including phenoxy) is 1. The molecule has 1 heterocycles. The van der Waals surface area contributed by atoms with Crippen molar-refractivity contribution in [3.8, 4) is 0 Å². The van der Waals surface area contributed by atoms with Gasteiger partial charge in [-0.25, -0.2) is 4.79 Å². The number of anilines is 1. The van der Waals surface area contributed by atoms with Crippen LogP contribution in [-0.2, 0) is 22.4 Å². The molecule has 1 aliphatic carbocycles. The second-order valence-corrected chi connectivity index (χ2v) is 10.4. The zero-order chi connectivity index (χ0) is 20.3. The first kappa shape index (κ1) is 21.4. The number of hydrogen-bond acceptors (Lipinski definition) is 5. The third-order valence-electron chi connectivity index (χ3n) is 4.72. The van der Waals surface area contributed by atoms with Crippen LogP contribution >= 0.6 is 39.0 Å². The molecule has 150 valence electrons. The van der Waals surface area contributed by atoms with Crippen molar-refractivity contribution in [2.45, 2.75) is 50.2 Å². The largest absolute Gasteiger partial charge is 0.462 e. The molecule has 1 N–H and O–H groups in total. The Balaban J connectivity index is 1.79. The molecule has 0 saturated heterocycles. The zero-order valence-corrected chi connectivity index (χ0v) is 19.4. The van der Waals surface area contributed by atoms with E-state index in [0.29, 0.717) is 23.1 Å². The fraction of sp³-hybridized carbons (Fsp3) is 0.429. The SMILES string of the molecule is CCOC(=O)c1c(NC(=O)C(C)Sc2ccc(Br)cc2)sc2c1CCC(C)C2. The van der Waals surface area contributed by atoms with E-state index in [1.54, 1.807) is 6.92 Å². The van der Waals surface area contributed by atoms with Gasteiger partial charge in [-0.15, -0.1) is 23.1 Å². The van der Waals surface area contributed by atoms with Gasteiger partial charge in [0.05, 0.1) is 17.4 Å². The minimum Gasteiger partial charge on any atom is -0.462 e. The van der Waals surface area contributed by atoms with Gasteiger partial charge in [0.15, 0.2) is 0 Å². The highest BCUT2D eigenvalue weighted by molar-refractivity contribution is 9.10. The van der Waals surface area contributed by atoms with E-state index >= 15 is 0 Å².